The van der Waals surface area contributed by atoms with Crippen molar-refractivity contribution >= 4 is 11.6 Å². The van der Waals surface area contributed by atoms with E-state index in [0.717, 1.165) is 0 Å². The van der Waals surface area contributed by atoms with Crippen LogP contribution in [0.25, 0.3) is 5.65 Å². The number of nitrogens with zero attached hydrogens (tertiary/aromatic N) is 2. The van der Waals surface area contributed by atoms with Crippen LogP contribution in [0.5, 0.6) is 5.88 Å². The predicted molar refractivity (Wildman–Crippen MR) is 59.4 cm³/mol. The molecule has 88 valence electrons. The summed E-state index contributed by atoms with van der Waals surface area (Å²) < 4.78 is 6.32. The molecular weight excluding hydrogens is 224 g/mol. The number of aliphatic carboxylic acids is 1. The number of aromatic nitrogens is 2. The van der Waals surface area contributed by atoms with Crippen molar-refractivity contribution in [3.8, 4) is 5.88 Å². The largest absolute Gasteiger partial charge is 0.482 e. The molecule has 0 spiro atoms. The zero-order valence-corrected chi connectivity index (χ0v) is 9.08. The van der Waals surface area contributed by atoms with E-state index in [1.54, 1.807) is 18.2 Å². The molecule has 0 bridgehead atoms. The minimum absolute atomic E-state index is 0.232. The maximum Gasteiger partial charge on any atom is 0.309 e. The number of rotatable bonds is 3. The molecule has 2 rings (SSSR count). The lowest BCUT2D eigenvalue weighted by molar-refractivity contribution is -0.136. The minimum atomic E-state index is -1.02. The van der Waals surface area contributed by atoms with E-state index < -0.39 is 5.97 Å². The molecule has 1 N–H and O–H groups in total. The van der Waals surface area contributed by atoms with E-state index in [1.807, 2.05) is 0 Å². The smallest absolute Gasteiger partial charge is 0.309 e. The Bertz CT molecular complexity index is 633. The third kappa shape index (κ3) is 2.10. The maximum atomic E-state index is 11.8. The number of methoxy groups -OCH3 is 1. The van der Waals surface area contributed by atoms with Gasteiger partial charge in [-0.05, 0) is 12.1 Å². The van der Waals surface area contributed by atoms with Gasteiger partial charge in [0.05, 0.1) is 19.2 Å². The normalized spacial score (nSPS) is 10.4. The highest BCUT2D eigenvalue weighted by atomic mass is 16.5. The fourth-order valence-corrected chi connectivity index (χ4v) is 1.58. The second kappa shape index (κ2) is 4.25. The molecule has 2 heterocycles. The third-order valence-electron chi connectivity index (χ3n) is 2.24. The number of hydrogen-bond acceptors (Lipinski definition) is 4. The standard InChI is InChI=1S/C11H10N2O4/c1-17-10-4-2-3-8-12-7(6-11(15)16)5-9(14)13(8)10/h2-5H,6H2,1H3,(H,15,16). The van der Waals surface area contributed by atoms with E-state index >= 15 is 0 Å². The highest BCUT2D eigenvalue weighted by Crippen LogP contribution is 2.10. The number of carbonyl (C=O) groups is 1. The van der Waals surface area contributed by atoms with Crippen molar-refractivity contribution in [3.05, 3.63) is 40.3 Å². The van der Waals surface area contributed by atoms with Gasteiger partial charge >= 0.3 is 5.97 Å². The number of pyridine rings is 1. The van der Waals surface area contributed by atoms with Crippen molar-refractivity contribution in [2.75, 3.05) is 7.11 Å². The van der Waals surface area contributed by atoms with Crippen molar-refractivity contribution in [1.82, 2.24) is 9.38 Å². The molecule has 0 saturated heterocycles. The second-order valence-corrected chi connectivity index (χ2v) is 3.42. The molecule has 0 aliphatic rings. The van der Waals surface area contributed by atoms with Crippen LogP contribution in [-0.2, 0) is 11.2 Å². The van der Waals surface area contributed by atoms with Gasteiger partial charge in [-0.2, -0.15) is 0 Å². The number of fused-ring (bicyclic) bond motifs is 1. The van der Waals surface area contributed by atoms with Gasteiger partial charge in [0, 0.05) is 6.07 Å². The van der Waals surface area contributed by atoms with Gasteiger partial charge in [-0.25, -0.2) is 9.38 Å². The zero-order chi connectivity index (χ0) is 12.4. The first kappa shape index (κ1) is 11.1. The SMILES string of the molecule is COc1cccc2nc(CC(=O)O)cc(=O)n12. The molecule has 0 aliphatic carbocycles. The van der Waals surface area contributed by atoms with Gasteiger partial charge < -0.3 is 9.84 Å². The summed E-state index contributed by atoms with van der Waals surface area (Å²) in [6, 6.07) is 6.14. The van der Waals surface area contributed by atoms with Crippen LogP contribution in [0, 0.1) is 0 Å². The Morgan fingerprint density at radius 2 is 2.29 bits per heavy atom. The van der Waals surface area contributed by atoms with Crippen LogP contribution in [0.4, 0.5) is 0 Å². The van der Waals surface area contributed by atoms with E-state index in [2.05, 4.69) is 4.98 Å². The van der Waals surface area contributed by atoms with Crippen LogP contribution in [-0.4, -0.2) is 27.6 Å². The number of carboxylic acids is 1. The fraction of sp³-hybridized carbons (Fsp3) is 0.182. The Morgan fingerprint density at radius 1 is 1.53 bits per heavy atom. The summed E-state index contributed by atoms with van der Waals surface area (Å²) in [5, 5.41) is 8.66. The second-order valence-electron chi connectivity index (χ2n) is 3.42. The van der Waals surface area contributed by atoms with Crippen molar-refractivity contribution in [2.24, 2.45) is 0 Å². The molecule has 17 heavy (non-hydrogen) atoms. The van der Waals surface area contributed by atoms with Crippen molar-refractivity contribution in [1.29, 1.82) is 0 Å². The molecule has 2 aromatic rings. The lowest BCUT2D eigenvalue weighted by Gasteiger charge is -2.07. The summed E-state index contributed by atoms with van der Waals surface area (Å²) in [6.45, 7) is 0. The molecule has 0 fully saturated rings. The monoisotopic (exact) mass is 234 g/mol. The fourth-order valence-electron chi connectivity index (χ4n) is 1.58. The molecule has 0 amide bonds. The lowest BCUT2D eigenvalue weighted by atomic mass is 10.3. The molecule has 2 aromatic heterocycles. The van der Waals surface area contributed by atoms with Gasteiger partial charge in [0.25, 0.3) is 5.56 Å². The Kier molecular flexibility index (Phi) is 2.78. The summed E-state index contributed by atoms with van der Waals surface area (Å²) >= 11 is 0. The Balaban J connectivity index is 2.67. The van der Waals surface area contributed by atoms with Gasteiger partial charge in [0.1, 0.15) is 5.65 Å². The van der Waals surface area contributed by atoms with Crippen LogP contribution in [0.15, 0.2) is 29.1 Å². The van der Waals surface area contributed by atoms with Crippen LogP contribution >= 0.6 is 0 Å². The molecular formula is C11H10N2O4. The Hall–Kier alpha value is -2.37. The van der Waals surface area contributed by atoms with Gasteiger partial charge in [0.2, 0.25) is 5.88 Å². The lowest BCUT2D eigenvalue weighted by Crippen LogP contribution is -2.18. The molecule has 0 unspecified atom stereocenters. The van der Waals surface area contributed by atoms with Gasteiger partial charge in [-0.3, -0.25) is 9.59 Å². The van der Waals surface area contributed by atoms with Crippen molar-refractivity contribution in [2.45, 2.75) is 6.42 Å². The summed E-state index contributed by atoms with van der Waals surface area (Å²) in [5.41, 5.74) is 0.243. The van der Waals surface area contributed by atoms with E-state index in [4.69, 9.17) is 9.84 Å². The first-order valence-corrected chi connectivity index (χ1v) is 4.89. The highest BCUT2D eigenvalue weighted by Gasteiger charge is 2.08. The Morgan fingerprint density at radius 3 is 2.94 bits per heavy atom. The maximum absolute atomic E-state index is 11.8. The highest BCUT2D eigenvalue weighted by molar-refractivity contribution is 5.69. The number of ether oxygens (including phenoxy) is 1. The van der Waals surface area contributed by atoms with Gasteiger partial charge in [0.15, 0.2) is 0 Å². The van der Waals surface area contributed by atoms with Crippen molar-refractivity contribution < 1.29 is 14.6 Å². The number of carboxylic acid groups (broad SMARTS) is 1. The van der Waals surface area contributed by atoms with Crippen LogP contribution in [0.3, 0.4) is 0 Å². The topological polar surface area (TPSA) is 80.9 Å². The molecule has 0 aliphatic heterocycles. The minimum Gasteiger partial charge on any atom is -0.482 e. The molecule has 6 nitrogen and oxygen atoms in total. The first-order valence-electron chi connectivity index (χ1n) is 4.89. The van der Waals surface area contributed by atoms with Crippen LogP contribution < -0.4 is 10.3 Å². The third-order valence-corrected chi connectivity index (χ3v) is 2.24. The summed E-state index contributed by atoms with van der Waals surface area (Å²) in [6.07, 6.45) is -0.275. The van der Waals surface area contributed by atoms with Crippen LogP contribution in [0.2, 0.25) is 0 Å². The van der Waals surface area contributed by atoms with E-state index in [1.165, 1.54) is 17.6 Å². The molecule has 6 heteroatoms. The zero-order valence-electron chi connectivity index (χ0n) is 9.08. The quantitative estimate of drug-likeness (QED) is 0.827. The summed E-state index contributed by atoms with van der Waals surface area (Å²) in [4.78, 5) is 26.5. The first-order chi connectivity index (χ1) is 8.11. The number of hydrogen-bond donors (Lipinski definition) is 1. The van der Waals surface area contributed by atoms with Crippen molar-refractivity contribution in [3.63, 3.8) is 0 Å². The van der Waals surface area contributed by atoms with E-state index in [9.17, 15) is 9.59 Å². The average molecular weight is 234 g/mol. The van der Waals surface area contributed by atoms with E-state index in [-0.39, 0.29) is 17.7 Å². The molecule has 0 saturated carbocycles. The summed E-state index contributed by atoms with van der Waals surface area (Å²) in [5.74, 6) is -0.661. The molecule has 0 atom stereocenters. The van der Waals surface area contributed by atoms with Gasteiger partial charge in [-0.1, -0.05) is 6.07 Å². The van der Waals surface area contributed by atoms with Crippen LogP contribution in [0.1, 0.15) is 5.69 Å². The Labute approximate surface area is 96.1 Å². The predicted octanol–water partition coefficient (Wildman–Crippen LogP) is 0.330. The average Bonchev–Trinajstić information content (AvgIpc) is 2.27. The van der Waals surface area contributed by atoms with Gasteiger partial charge in [-0.15, -0.1) is 0 Å². The molecule has 0 aromatic carbocycles. The summed E-state index contributed by atoms with van der Waals surface area (Å²) in [7, 11) is 1.45. The molecule has 0 radical (unpaired) electrons. The van der Waals surface area contributed by atoms with E-state index in [0.29, 0.717) is 11.5 Å².